The maximum absolute atomic E-state index is 12.7. The lowest BCUT2D eigenvalue weighted by Crippen LogP contribution is -2.41. The number of hydrogen-bond donors (Lipinski definition) is 3. The van der Waals surface area contributed by atoms with Crippen LogP contribution >= 0.6 is 0 Å². The van der Waals surface area contributed by atoms with Crippen molar-refractivity contribution < 1.29 is 15.0 Å². The van der Waals surface area contributed by atoms with Crippen molar-refractivity contribution in [3.63, 3.8) is 0 Å². The van der Waals surface area contributed by atoms with E-state index in [0.29, 0.717) is 0 Å². The van der Waals surface area contributed by atoms with E-state index < -0.39 is 0 Å². The van der Waals surface area contributed by atoms with Gasteiger partial charge < -0.3 is 20.4 Å². The minimum Gasteiger partial charge on any atom is -0.395 e. The Hall–Kier alpha value is -1.59. The molecule has 2 unspecified atom stereocenters. The molecule has 0 spiro atoms. The van der Waals surface area contributed by atoms with E-state index >= 15 is 0 Å². The van der Waals surface area contributed by atoms with Gasteiger partial charge in [0, 0.05) is 24.8 Å². The van der Waals surface area contributed by atoms with Crippen molar-refractivity contribution in [3.8, 4) is 0 Å². The number of aliphatic hydroxyl groups is 2. The topological polar surface area (TPSA) is 72.8 Å². The molecule has 0 radical (unpaired) electrons. The zero-order valence-electron chi connectivity index (χ0n) is 11.7. The van der Waals surface area contributed by atoms with E-state index in [1.165, 1.54) is 0 Å². The van der Waals surface area contributed by atoms with Gasteiger partial charge in [0.25, 0.3) is 0 Å². The normalized spacial score (nSPS) is 20.9. The largest absolute Gasteiger partial charge is 0.395 e. The van der Waals surface area contributed by atoms with Gasteiger partial charge >= 0.3 is 0 Å². The Morgan fingerprint density at radius 3 is 2.60 bits per heavy atom. The van der Waals surface area contributed by atoms with Crippen LogP contribution in [0.15, 0.2) is 24.3 Å². The van der Waals surface area contributed by atoms with E-state index in [1.54, 1.807) is 4.90 Å². The molecular formula is C15H22N2O3. The number of anilines is 1. The van der Waals surface area contributed by atoms with Gasteiger partial charge in [0.05, 0.1) is 19.1 Å². The number of hydrogen-bond acceptors (Lipinski definition) is 4. The average molecular weight is 278 g/mol. The van der Waals surface area contributed by atoms with Gasteiger partial charge in [-0.05, 0) is 25.0 Å². The van der Waals surface area contributed by atoms with Crippen LogP contribution in [0.5, 0.6) is 0 Å². The highest BCUT2D eigenvalue weighted by atomic mass is 16.3. The molecule has 0 aromatic heterocycles. The summed E-state index contributed by atoms with van der Waals surface area (Å²) in [6, 6.07) is 8.05. The molecule has 0 aliphatic carbocycles. The van der Waals surface area contributed by atoms with E-state index in [9.17, 15) is 4.79 Å². The Kier molecular flexibility index (Phi) is 4.98. The number of para-hydroxylation sites is 1. The molecule has 0 bridgehead atoms. The second kappa shape index (κ2) is 6.72. The van der Waals surface area contributed by atoms with Gasteiger partial charge in [-0.15, -0.1) is 0 Å². The van der Waals surface area contributed by atoms with E-state index in [2.05, 4.69) is 12.2 Å². The Labute approximate surface area is 119 Å². The Bertz CT molecular complexity index is 458. The SMILES string of the molecule is CC1CC(C(=O)N(CCO)CCO)c2ccccc2N1. The number of benzene rings is 1. The summed E-state index contributed by atoms with van der Waals surface area (Å²) in [6.07, 6.45) is 0.725. The highest BCUT2D eigenvalue weighted by molar-refractivity contribution is 5.86. The Morgan fingerprint density at radius 2 is 1.95 bits per heavy atom. The van der Waals surface area contributed by atoms with Crippen molar-refractivity contribution in [2.75, 3.05) is 31.6 Å². The molecule has 1 aliphatic heterocycles. The third-order valence-corrected chi connectivity index (χ3v) is 3.68. The van der Waals surface area contributed by atoms with Crippen LogP contribution in [-0.2, 0) is 4.79 Å². The van der Waals surface area contributed by atoms with Crippen molar-refractivity contribution in [1.82, 2.24) is 4.90 Å². The number of nitrogens with zero attached hydrogens (tertiary/aromatic N) is 1. The predicted molar refractivity (Wildman–Crippen MR) is 77.6 cm³/mol. The fourth-order valence-electron chi connectivity index (χ4n) is 2.77. The number of aliphatic hydroxyl groups excluding tert-OH is 2. The molecule has 5 nitrogen and oxygen atoms in total. The van der Waals surface area contributed by atoms with Crippen molar-refractivity contribution in [1.29, 1.82) is 0 Å². The second-order valence-electron chi connectivity index (χ2n) is 5.19. The lowest BCUT2D eigenvalue weighted by Gasteiger charge is -2.33. The van der Waals surface area contributed by atoms with Gasteiger partial charge in [-0.3, -0.25) is 4.79 Å². The zero-order valence-corrected chi connectivity index (χ0v) is 11.7. The summed E-state index contributed by atoms with van der Waals surface area (Å²) in [6.45, 7) is 2.40. The number of nitrogens with one attached hydrogen (secondary N) is 1. The van der Waals surface area contributed by atoms with E-state index in [4.69, 9.17) is 10.2 Å². The van der Waals surface area contributed by atoms with Crippen molar-refractivity contribution in [2.24, 2.45) is 0 Å². The molecule has 1 aromatic carbocycles. The molecule has 1 amide bonds. The maximum atomic E-state index is 12.7. The Morgan fingerprint density at radius 1 is 1.30 bits per heavy atom. The molecule has 3 N–H and O–H groups in total. The van der Waals surface area contributed by atoms with Crippen LogP contribution < -0.4 is 5.32 Å². The van der Waals surface area contributed by atoms with Gasteiger partial charge in [-0.2, -0.15) is 0 Å². The Balaban J connectivity index is 2.24. The first-order valence-corrected chi connectivity index (χ1v) is 7.03. The van der Waals surface area contributed by atoms with Crippen molar-refractivity contribution in [3.05, 3.63) is 29.8 Å². The zero-order chi connectivity index (χ0) is 14.5. The van der Waals surface area contributed by atoms with Crippen LogP contribution in [0.1, 0.15) is 24.8 Å². The molecule has 2 atom stereocenters. The first-order valence-electron chi connectivity index (χ1n) is 7.03. The third-order valence-electron chi connectivity index (χ3n) is 3.68. The standard InChI is InChI=1S/C15H22N2O3/c1-11-10-13(12-4-2-3-5-14(12)16-11)15(20)17(6-8-18)7-9-19/h2-5,11,13,16,18-19H,6-10H2,1H3. The number of carbonyl (C=O) groups excluding carboxylic acids is 1. The van der Waals surface area contributed by atoms with Gasteiger partial charge in [-0.1, -0.05) is 18.2 Å². The van der Waals surface area contributed by atoms with Crippen LogP contribution in [0.25, 0.3) is 0 Å². The fraction of sp³-hybridized carbons (Fsp3) is 0.533. The van der Waals surface area contributed by atoms with Crippen molar-refractivity contribution in [2.45, 2.75) is 25.3 Å². The molecule has 0 saturated heterocycles. The summed E-state index contributed by atoms with van der Waals surface area (Å²) in [5.74, 6) is -0.227. The second-order valence-corrected chi connectivity index (χ2v) is 5.19. The predicted octanol–water partition coefficient (Wildman–Crippen LogP) is 0.787. The number of amides is 1. The quantitative estimate of drug-likeness (QED) is 0.744. The fourth-order valence-corrected chi connectivity index (χ4v) is 2.77. The summed E-state index contributed by atoms with van der Waals surface area (Å²) < 4.78 is 0. The number of fused-ring (bicyclic) bond motifs is 1. The number of rotatable bonds is 5. The van der Waals surface area contributed by atoms with E-state index in [-0.39, 0.29) is 44.2 Å². The monoisotopic (exact) mass is 278 g/mol. The summed E-state index contributed by atoms with van der Waals surface area (Å²) in [5, 5.41) is 21.5. The van der Waals surface area contributed by atoms with Gasteiger partial charge in [0.1, 0.15) is 0 Å². The molecule has 0 fully saturated rings. The molecule has 1 aromatic rings. The van der Waals surface area contributed by atoms with Gasteiger partial charge in [0.15, 0.2) is 0 Å². The lowest BCUT2D eigenvalue weighted by atomic mass is 9.86. The minimum absolute atomic E-state index is 0.0195. The smallest absolute Gasteiger partial charge is 0.230 e. The molecule has 1 heterocycles. The van der Waals surface area contributed by atoms with Gasteiger partial charge in [0.2, 0.25) is 5.91 Å². The molecular weight excluding hydrogens is 256 g/mol. The van der Waals surface area contributed by atoms with Crippen LogP contribution in [0.2, 0.25) is 0 Å². The van der Waals surface area contributed by atoms with Crippen molar-refractivity contribution >= 4 is 11.6 Å². The third kappa shape index (κ3) is 3.11. The summed E-state index contributed by atoms with van der Waals surface area (Å²) in [4.78, 5) is 14.2. The van der Waals surface area contributed by atoms with E-state index in [0.717, 1.165) is 17.7 Å². The number of carbonyl (C=O) groups is 1. The molecule has 1 aliphatic rings. The molecule has 0 saturated carbocycles. The highest BCUT2D eigenvalue weighted by Crippen LogP contribution is 2.35. The first kappa shape index (κ1) is 14.8. The van der Waals surface area contributed by atoms with Crippen LogP contribution in [0.3, 0.4) is 0 Å². The summed E-state index contributed by atoms with van der Waals surface area (Å²) >= 11 is 0. The highest BCUT2D eigenvalue weighted by Gasteiger charge is 2.32. The average Bonchev–Trinajstić information content (AvgIpc) is 2.45. The van der Waals surface area contributed by atoms with Gasteiger partial charge in [-0.25, -0.2) is 0 Å². The minimum atomic E-state index is -0.208. The molecule has 5 heteroatoms. The summed E-state index contributed by atoms with van der Waals surface area (Å²) in [5.41, 5.74) is 1.99. The van der Waals surface area contributed by atoms with E-state index in [1.807, 2.05) is 24.3 Å². The van der Waals surface area contributed by atoms with Crippen LogP contribution in [0.4, 0.5) is 5.69 Å². The van der Waals surface area contributed by atoms with Crippen LogP contribution in [-0.4, -0.2) is 53.4 Å². The lowest BCUT2D eigenvalue weighted by molar-refractivity contribution is -0.134. The maximum Gasteiger partial charge on any atom is 0.230 e. The molecule has 110 valence electrons. The van der Waals surface area contributed by atoms with Crippen LogP contribution in [0, 0.1) is 0 Å². The molecule has 20 heavy (non-hydrogen) atoms. The molecule has 2 rings (SSSR count). The summed E-state index contributed by atoms with van der Waals surface area (Å²) in [7, 11) is 0. The first-order chi connectivity index (χ1) is 9.67.